The van der Waals surface area contributed by atoms with E-state index in [0.29, 0.717) is 5.02 Å². The second-order valence-corrected chi connectivity index (χ2v) is 6.24. The summed E-state index contributed by atoms with van der Waals surface area (Å²) in [5.74, 6) is 0.780. The molecule has 2 atom stereocenters. The lowest BCUT2D eigenvalue weighted by Crippen LogP contribution is -2.41. The van der Waals surface area contributed by atoms with Crippen molar-refractivity contribution in [3.63, 3.8) is 0 Å². The Morgan fingerprint density at radius 2 is 2.14 bits per heavy atom. The second kappa shape index (κ2) is 7.78. The Bertz CT molecular complexity index is 594. The van der Waals surface area contributed by atoms with E-state index in [0.717, 1.165) is 22.2 Å². The standard InChI is InChI=1S/C16H18BrClN2O/c1-11(21-15-5-3-4-14(18)8-15)16(19-2)7-12-6-13(17)10-20-9-12/h3-6,8-11,16,19H,7H2,1-2H3. The number of benzene rings is 1. The summed E-state index contributed by atoms with van der Waals surface area (Å²) in [6.45, 7) is 2.05. The first kappa shape index (κ1) is 16.3. The second-order valence-electron chi connectivity index (χ2n) is 4.89. The van der Waals surface area contributed by atoms with Gasteiger partial charge in [0.1, 0.15) is 11.9 Å². The molecule has 112 valence electrons. The Morgan fingerprint density at radius 1 is 1.33 bits per heavy atom. The number of nitrogens with zero attached hydrogens (tertiary/aromatic N) is 1. The van der Waals surface area contributed by atoms with E-state index in [9.17, 15) is 0 Å². The van der Waals surface area contributed by atoms with E-state index < -0.39 is 0 Å². The van der Waals surface area contributed by atoms with Crippen LogP contribution >= 0.6 is 27.5 Å². The Labute approximate surface area is 138 Å². The molecule has 0 spiro atoms. The largest absolute Gasteiger partial charge is 0.489 e. The molecule has 5 heteroatoms. The molecule has 21 heavy (non-hydrogen) atoms. The number of rotatable bonds is 6. The van der Waals surface area contributed by atoms with Gasteiger partial charge in [-0.2, -0.15) is 0 Å². The number of halogens is 2. The third-order valence-corrected chi connectivity index (χ3v) is 3.94. The van der Waals surface area contributed by atoms with Gasteiger partial charge in [0, 0.05) is 27.9 Å². The highest BCUT2D eigenvalue weighted by molar-refractivity contribution is 9.10. The summed E-state index contributed by atoms with van der Waals surface area (Å²) in [5, 5.41) is 3.98. The summed E-state index contributed by atoms with van der Waals surface area (Å²) in [6, 6.07) is 9.71. The van der Waals surface area contributed by atoms with Crippen LogP contribution in [0.2, 0.25) is 5.02 Å². The third-order valence-electron chi connectivity index (χ3n) is 3.27. The van der Waals surface area contributed by atoms with E-state index in [1.54, 1.807) is 6.20 Å². The first-order valence-electron chi connectivity index (χ1n) is 6.77. The number of aromatic nitrogens is 1. The minimum Gasteiger partial charge on any atom is -0.489 e. The molecule has 2 aromatic rings. The van der Waals surface area contributed by atoms with Gasteiger partial charge in [-0.3, -0.25) is 4.98 Å². The summed E-state index contributed by atoms with van der Waals surface area (Å²) in [4.78, 5) is 4.19. The third kappa shape index (κ3) is 4.99. The maximum absolute atomic E-state index is 5.98. The van der Waals surface area contributed by atoms with Crippen LogP contribution in [-0.4, -0.2) is 24.2 Å². The average Bonchev–Trinajstić information content (AvgIpc) is 2.44. The molecule has 1 aromatic carbocycles. The number of likely N-dealkylation sites (N-methyl/N-ethyl adjacent to an activating group) is 1. The van der Waals surface area contributed by atoms with Crippen molar-refractivity contribution in [2.45, 2.75) is 25.5 Å². The summed E-state index contributed by atoms with van der Waals surface area (Å²) in [7, 11) is 1.94. The zero-order valence-corrected chi connectivity index (χ0v) is 14.4. The number of hydrogen-bond acceptors (Lipinski definition) is 3. The van der Waals surface area contributed by atoms with Crippen molar-refractivity contribution in [1.82, 2.24) is 10.3 Å². The molecule has 0 saturated carbocycles. The highest BCUT2D eigenvalue weighted by Crippen LogP contribution is 2.20. The van der Waals surface area contributed by atoms with Gasteiger partial charge in [0.2, 0.25) is 0 Å². The predicted octanol–water partition coefficient (Wildman–Crippen LogP) is 4.10. The van der Waals surface area contributed by atoms with Crippen LogP contribution in [0.4, 0.5) is 0 Å². The molecule has 0 aliphatic rings. The molecule has 2 unspecified atom stereocenters. The zero-order valence-electron chi connectivity index (χ0n) is 12.0. The Kier molecular flexibility index (Phi) is 6.03. The van der Waals surface area contributed by atoms with Crippen LogP contribution in [0.5, 0.6) is 5.75 Å². The van der Waals surface area contributed by atoms with Crippen molar-refractivity contribution in [2.75, 3.05) is 7.05 Å². The Morgan fingerprint density at radius 3 is 2.81 bits per heavy atom. The van der Waals surface area contributed by atoms with E-state index in [4.69, 9.17) is 16.3 Å². The fraction of sp³-hybridized carbons (Fsp3) is 0.312. The van der Waals surface area contributed by atoms with E-state index in [2.05, 4.69) is 32.3 Å². The van der Waals surface area contributed by atoms with E-state index in [-0.39, 0.29) is 12.1 Å². The molecule has 1 N–H and O–H groups in total. The van der Waals surface area contributed by atoms with Gasteiger partial charge in [-0.15, -0.1) is 0 Å². The van der Waals surface area contributed by atoms with Crippen LogP contribution in [0.3, 0.4) is 0 Å². The van der Waals surface area contributed by atoms with Crippen LogP contribution in [0, 0.1) is 0 Å². The lowest BCUT2D eigenvalue weighted by molar-refractivity contribution is 0.174. The number of hydrogen-bond donors (Lipinski definition) is 1. The van der Waals surface area contributed by atoms with E-state index in [1.165, 1.54) is 0 Å². The predicted molar refractivity (Wildman–Crippen MR) is 90.0 cm³/mol. The van der Waals surface area contributed by atoms with Crippen molar-refractivity contribution in [3.8, 4) is 5.75 Å². The van der Waals surface area contributed by atoms with Crippen LogP contribution < -0.4 is 10.1 Å². The topological polar surface area (TPSA) is 34.2 Å². The fourth-order valence-corrected chi connectivity index (χ4v) is 2.75. The number of nitrogens with one attached hydrogen (secondary N) is 1. The molecule has 0 saturated heterocycles. The molecule has 2 rings (SSSR count). The molecule has 0 aliphatic carbocycles. The van der Waals surface area contributed by atoms with E-state index >= 15 is 0 Å². The van der Waals surface area contributed by atoms with Crippen LogP contribution in [0.15, 0.2) is 47.2 Å². The van der Waals surface area contributed by atoms with Gasteiger partial charge in [-0.25, -0.2) is 0 Å². The Hall–Kier alpha value is -1.10. The van der Waals surface area contributed by atoms with Gasteiger partial charge in [0.05, 0.1) is 0 Å². The van der Waals surface area contributed by atoms with Crippen LogP contribution in [-0.2, 0) is 6.42 Å². The number of ether oxygens (including phenoxy) is 1. The molecule has 0 amide bonds. The molecule has 3 nitrogen and oxygen atoms in total. The Balaban J connectivity index is 2.03. The van der Waals surface area contributed by atoms with Gasteiger partial charge < -0.3 is 10.1 Å². The van der Waals surface area contributed by atoms with Crippen molar-refractivity contribution in [3.05, 3.63) is 57.8 Å². The molecule has 0 fully saturated rings. The summed E-state index contributed by atoms with van der Waals surface area (Å²) < 4.78 is 6.96. The fourth-order valence-electron chi connectivity index (χ4n) is 2.16. The van der Waals surface area contributed by atoms with Crippen LogP contribution in [0.1, 0.15) is 12.5 Å². The van der Waals surface area contributed by atoms with Gasteiger partial charge in [-0.1, -0.05) is 17.7 Å². The van der Waals surface area contributed by atoms with E-state index in [1.807, 2.05) is 44.4 Å². The average molecular weight is 370 g/mol. The summed E-state index contributed by atoms with van der Waals surface area (Å²) >= 11 is 9.42. The first-order chi connectivity index (χ1) is 10.1. The van der Waals surface area contributed by atoms with Crippen molar-refractivity contribution >= 4 is 27.5 Å². The van der Waals surface area contributed by atoms with Gasteiger partial charge in [0.15, 0.2) is 0 Å². The molecule has 1 aromatic heterocycles. The highest BCUT2D eigenvalue weighted by atomic mass is 79.9. The molecule has 0 bridgehead atoms. The quantitative estimate of drug-likeness (QED) is 0.832. The highest BCUT2D eigenvalue weighted by Gasteiger charge is 2.18. The van der Waals surface area contributed by atoms with Crippen LogP contribution in [0.25, 0.3) is 0 Å². The minimum atomic E-state index is 0.00690. The molecular weight excluding hydrogens is 352 g/mol. The van der Waals surface area contributed by atoms with Crippen molar-refractivity contribution < 1.29 is 4.74 Å². The van der Waals surface area contributed by atoms with Crippen molar-refractivity contribution in [2.24, 2.45) is 0 Å². The van der Waals surface area contributed by atoms with Gasteiger partial charge >= 0.3 is 0 Å². The first-order valence-corrected chi connectivity index (χ1v) is 7.94. The monoisotopic (exact) mass is 368 g/mol. The summed E-state index contributed by atoms with van der Waals surface area (Å²) in [5.41, 5.74) is 1.16. The molecule has 0 aliphatic heterocycles. The summed E-state index contributed by atoms with van der Waals surface area (Å²) in [6.07, 6.45) is 4.50. The number of pyridine rings is 1. The minimum absolute atomic E-state index is 0.00690. The maximum atomic E-state index is 5.98. The lowest BCUT2D eigenvalue weighted by Gasteiger charge is -2.24. The smallest absolute Gasteiger partial charge is 0.121 e. The van der Waals surface area contributed by atoms with Gasteiger partial charge in [0.25, 0.3) is 0 Å². The molecular formula is C16H18BrClN2O. The van der Waals surface area contributed by atoms with Crippen molar-refractivity contribution in [1.29, 1.82) is 0 Å². The zero-order chi connectivity index (χ0) is 15.2. The lowest BCUT2D eigenvalue weighted by atomic mass is 10.0. The molecule has 0 radical (unpaired) electrons. The van der Waals surface area contributed by atoms with Gasteiger partial charge in [-0.05, 0) is 66.2 Å². The maximum Gasteiger partial charge on any atom is 0.121 e. The normalized spacial score (nSPS) is 13.7. The molecule has 1 heterocycles. The SMILES string of the molecule is CNC(Cc1cncc(Br)c1)C(C)Oc1cccc(Cl)c1.